The van der Waals surface area contributed by atoms with Crippen LogP contribution in [0.5, 0.6) is 0 Å². The molecule has 122 valence electrons. The number of carbonyl (C=O) groups excluding carboxylic acids is 2. The Labute approximate surface area is 137 Å². The number of amides is 2. The van der Waals surface area contributed by atoms with Crippen LogP contribution in [0, 0.1) is 6.92 Å². The number of nitrogens with one attached hydrogen (secondary N) is 2. The Hall–Kier alpha value is -1.59. The Balaban J connectivity index is 0.00000242. The molecule has 1 fully saturated rings. The van der Waals surface area contributed by atoms with Gasteiger partial charge in [0.2, 0.25) is 5.91 Å². The predicted molar refractivity (Wildman–Crippen MR) is 90.7 cm³/mol. The van der Waals surface area contributed by atoms with Crippen LogP contribution in [0.1, 0.15) is 35.2 Å². The predicted octanol–water partition coefficient (Wildman–Crippen LogP) is 2.20. The molecule has 22 heavy (non-hydrogen) atoms. The van der Waals surface area contributed by atoms with E-state index in [1.54, 1.807) is 31.1 Å². The lowest BCUT2D eigenvalue weighted by molar-refractivity contribution is -0.118. The highest BCUT2D eigenvalue weighted by Gasteiger charge is 2.20. The van der Waals surface area contributed by atoms with Gasteiger partial charge in [0.15, 0.2) is 0 Å². The normalized spacial score (nSPS) is 17.3. The van der Waals surface area contributed by atoms with Crippen LogP contribution in [0.2, 0.25) is 0 Å². The lowest BCUT2D eigenvalue weighted by atomic mass is 10.0. The highest BCUT2D eigenvalue weighted by molar-refractivity contribution is 5.98. The summed E-state index contributed by atoms with van der Waals surface area (Å²) in [7, 11) is 3.46. The number of rotatable bonds is 3. The van der Waals surface area contributed by atoms with Crippen LogP contribution in [0.15, 0.2) is 18.2 Å². The van der Waals surface area contributed by atoms with Crippen LogP contribution >= 0.6 is 12.4 Å². The third-order valence-corrected chi connectivity index (χ3v) is 3.76. The molecule has 1 atom stereocenters. The summed E-state index contributed by atoms with van der Waals surface area (Å²) >= 11 is 0. The number of anilines is 1. The van der Waals surface area contributed by atoms with Gasteiger partial charge in [0.25, 0.3) is 5.91 Å². The summed E-state index contributed by atoms with van der Waals surface area (Å²) in [6, 6.07) is 5.28. The summed E-state index contributed by atoms with van der Waals surface area (Å²) in [5, 5.41) is 6.15. The van der Waals surface area contributed by atoms with Gasteiger partial charge in [0.05, 0.1) is 6.04 Å². The van der Waals surface area contributed by atoms with Crippen molar-refractivity contribution in [1.29, 1.82) is 0 Å². The van der Waals surface area contributed by atoms with E-state index in [1.165, 1.54) is 0 Å². The second-order valence-electron chi connectivity index (χ2n) is 5.72. The summed E-state index contributed by atoms with van der Waals surface area (Å²) in [5.74, 6) is -0.0277. The lowest BCUT2D eigenvalue weighted by Gasteiger charge is -2.22. The van der Waals surface area contributed by atoms with E-state index in [0.29, 0.717) is 5.56 Å². The minimum Gasteiger partial charge on any atom is -0.345 e. The molecule has 1 heterocycles. The molecule has 1 aromatic carbocycles. The van der Waals surface area contributed by atoms with Crippen LogP contribution in [0.3, 0.4) is 0 Å². The zero-order valence-electron chi connectivity index (χ0n) is 13.3. The average Bonchev–Trinajstić information content (AvgIpc) is 2.47. The Morgan fingerprint density at radius 1 is 1.27 bits per heavy atom. The van der Waals surface area contributed by atoms with Crippen molar-refractivity contribution in [2.24, 2.45) is 0 Å². The second kappa shape index (κ2) is 8.15. The molecule has 0 aliphatic carbocycles. The minimum absolute atomic E-state index is 0. The first-order valence-electron chi connectivity index (χ1n) is 7.35. The van der Waals surface area contributed by atoms with Crippen molar-refractivity contribution >= 4 is 29.9 Å². The molecule has 0 spiro atoms. The molecule has 0 bridgehead atoms. The van der Waals surface area contributed by atoms with Gasteiger partial charge in [-0.05, 0) is 50.1 Å². The molecular weight excluding hydrogens is 302 g/mol. The van der Waals surface area contributed by atoms with E-state index in [4.69, 9.17) is 0 Å². The number of aryl methyl sites for hydroxylation is 1. The van der Waals surface area contributed by atoms with E-state index >= 15 is 0 Å². The minimum atomic E-state index is -0.109. The first kappa shape index (κ1) is 18.5. The maximum atomic E-state index is 12.2. The molecule has 2 N–H and O–H groups in total. The Kier molecular flexibility index (Phi) is 6.84. The standard InChI is InChI=1S/C16H23N3O2.ClH/c1-11-10-12(7-8-13(11)16(21)19(2)3)18-15(20)14-6-4-5-9-17-14;/h7-8,10,14,17H,4-6,9H2,1-3H3,(H,18,20);1H. The highest BCUT2D eigenvalue weighted by atomic mass is 35.5. The molecule has 0 radical (unpaired) electrons. The number of benzene rings is 1. The summed E-state index contributed by atoms with van der Waals surface area (Å²) in [6.45, 7) is 2.78. The first-order chi connectivity index (χ1) is 9.99. The SMILES string of the molecule is Cc1cc(NC(=O)C2CCCCN2)ccc1C(=O)N(C)C.Cl. The van der Waals surface area contributed by atoms with Gasteiger partial charge in [-0.15, -0.1) is 12.4 Å². The van der Waals surface area contributed by atoms with E-state index in [2.05, 4.69) is 10.6 Å². The van der Waals surface area contributed by atoms with Gasteiger partial charge in [-0.25, -0.2) is 0 Å². The molecule has 0 saturated carbocycles. The van der Waals surface area contributed by atoms with Crippen LogP contribution < -0.4 is 10.6 Å². The van der Waals surface area contributed by atoms with E-state index in [-0.39, 0.29) is 30.3 Å². The van der Waals surface area contributed by atoms with Gasteiger partial charge in [-0.2, -0.15) is 0 Å². The van der Waals surface area contributed by atoms with Crippen molar-refractivity contribution in [2.45, 2.75) is 32.2 Å². The number of hydrogen-bond acceptors (Lipinski definition) is 3. The number of carbonyl (C=O) groups is 2. The van der Waals surface area contributed by atoms with Crippen molar-refractivity contribution < 1.29 is 9.59 Å². The van der Waals surface area contributed by atoms with Crippen LogP contribution in [-0.2, 0) is 4.79 Å². The van der Waals surface area contributed by atoms with E-state index in [9.17, 15) is 9.59 Å². The van der Waals surface area contributed by atoms with E-state index in [1.807, 2.05) is 13.0 Å². The molecule has 1 aromatic rings. The Bertz CT molecular complexity index is 540. The van der Waals surface area contributed by atoms with Gasteiger partial charge in [-0.1, -0.05) is 6.42 Å². The highest BCUT2D eigenvalue weighted by Crippen LogP contribution is 2.17. The van der Waals surface area contributed by atoms with Crippen molar-refractivity contribution in [2.75, 3.05) is 26.0 Å². The van der Waals surface area contributed by atoms with Crippen molar-refractivity contribution in [3.8, 4) is 0 Å². The van der Waals surface area contributed by atoms with Gasteiger partial charge in [0.1, 0.15) is 0 Å². The zero-order valence-corrected chi connectivity index (χ0v) is 14.1. The monoisotopic (exact) mass is 325 g/mol. The Morgan fingerprint density at radius 2 is 2.00 bits per heavy atom. The molecule has 1 aliphatic heterocycles. The molecule has 1 unspecified atom stereocenters. The fourth-order valence-corrected chi connectivity index (χ4v) is 2.53. The number of halogens is 1. The smallest absolute Gasteiger partial charge is 0.253 e. The molecule has 2 amide bonds. The summed E-state index contributed by atoms with van der Waals surface area (Å²) in [5.41, 5.74) is 2.26. The molecule has 0 aromatic heterocycles. The number of piperidine rings is 1. The van der Waals surface area contributed by atoms with Crippen molar-refractivity contribution in [3.05, 3.63) is 29.3 Å². The third kappa shape index (κ3) is 4.45. The van der Waals surface area contributed by atoms with E-state index in [0.717, 1.165) is 37.1 Å². The van der Waals surface area contributed by atoms with Gasteiger partial charge in [0, 0.05) is 25.3 Å². The fourth-order valence-electron chi connectivity index (χ4n) is 2.53. The summed E-state index contributed by atoms with van der Waals surface area (Å²) < 4.78 is 0. The average molecular weight is 326 g/mol. The molecule has 1 saturated heterocycles. The van der Waals surface area contributed by atoms with Gasteiger partial charge in [-0.3, -0.25) is 9.59 Å². The van der Waals surface area contributed by atoms with Crippen molar-refractivity contribution in [3.63, 3.8) is 0 Å². The molecule has 6 heteroatoms. The molecule has 1 aliphatic rings. The van der Waals surface area contributed by atoms with E-state index < -0.39 is 0 Å². The maximum Gasteiger partial charge on any atom is 0.253 e. The number of nitrogens with zero attached hydrogens (tertiary/aromatic N) is 1. The van der Waals surface area contributed by atoms with Crippen LogP contribution in [-0.4, -0.2) is 43.4 Å². The lowest BCUT2D eigenvalue weighted by Crippen LogP contribution is -2.43. The van der Waals surface area contributed by atoms with Gasteiger partial charge < -0.3 is 15.5 Å². The Morgan fingerprint density at radius 3 is 2.55 bits per heavy atom. The topological polar surface area (TPSA) is 61.4 Å². The van der Waals surface area contributed by atoms with Crippen LogP contribution in [0.25, 0.3) is 0 Å². The zero-order chi connectivity index (χ0) is 15.4. The van der Waals surface area contributed by atoms with Gasteiger partial charge >= 0.3 is 0 Å². The quantitative estimate of drug-likeness (QED) is 0.895. The van der Waals surface area contributed by atoms with Crippen LogP contribution in [0.4, 0.5) is 5.69 Å². The fraction of sp³-hybridized carbons (Fsp3) is 0.500. The third-order valence-electron chi connectivity index (χ3n) is 3.76. The molecule has 2 rings (SSSR count). The largest absolute Gasteiger partial charge is 0.345 e. The maximum absolute atomic E-state index is 12.2. The molecular formula is C16H24ClN3O2. The first-order valence-corrected chi connectivity index (χ1v) is 7.35. The summed E-state index contributed by atoms with van der Waals surface area (Å²) in [6.07, 6.45) is 3.09. The van der Waals surface area contributed by atoms with Crippen molar-refractivity contribution in [1.82, 2.24) is 10.2 Å². The molecule has 5 nitrogen and oxygen atoms in total. The summed E-state index contributed by atoms with van der Waals surface area (Å²) in [4.78, 5) is 25.7. The number of hydrogen-bond donors (Lipinski definition) is 2. The second-order valence-corrected chi connectivity index (χ2v) is 5.72.